The summed E-state index contributed by atoms with van der Waals surface area (Å²) in [6.45, 7) is 14.6. The fraction of sp³-hybridized carbons (Fsp3) is 0.958. The molecule has 0 bridgehead atoms. The number of rotatable bonds is 27. The molecule has 0 aliphatic carbocycles. The summed E-state index contributed by atoms with van der Waals surface area (Å²) in [5, 5.41) is 3.01. The van der Waals surface area contributed by atoms with Crippen molar-refractivity contribution in [3.8, 4) is 0 Å². The molecule has 0 saturated carbocycles. The zero-order valence-electron chi connectivity index (χ0n) is 22.3. The Morgan fingerprint density at radius 1 is 0.514 bits per heavy atom. The van der Waals surface area contributed by atoms with Gasteiger partial charge in [-0.2, -0.15) is 0 Å². The van der Waals surface area contributed by atoms with Gasteiger partial charge in [0.05, 0.1) is 112 Å². The highest BCUT2D eigenvalue weighted by Crippen LogP contribution is 2.07. The van der Waals surface area contributed by atoms with Crippen molar-refractivity contribution in [1.29, 1.82) is 0 Å². The third-order valence-corrected chi connectivity index (χ3v) is 3.97. The van der Waals surface area contributed by atoms with Crippen LogP contribution in [0.5, 0.6) is 0 Å². The van der Waals surface area contributed by atoms with Crippen LogP contribution in [0.3, 0.4) is 0 Å². The summed E-state index contributed by atoms with van der Waals surface area (Å²) in [7, 11) is 1.89. The second-order valence-corrected chi connectivity index (χ2v) is 8.34. The Morgan fingerprint density at radius 3 is 1.09 bits per heavy atom. The fourth-order valence-electron chi connectivity index (χ4n) is 2.36. The molecule has 1 N–H and O–H groups in total. The van der Waals surface area contributed by atoms with Crippen molar-refractivity contribution in [2.45, 2.75) is 32.8 Å². The monoisotopic (exact) mass is 511 g/mol. The van der Waals surface area contributed by atoms with E-state index < -0.39 is 5.60 Å². The van der Waals surface area contributed by atoms with E-state index in [0.29, 0.717) is 106 Å². The lowest BCUT2D eigenvalue weighted by Crippen LogP contribution is -2.24. The van der Waals surface area contributed by atoms with Gasteiger partial charge in [0.1, 0.15) is 5.60 Å². The van der Waals surface area contributed by atoms with Gasteiger partial charge in [0.15, 0.2) is 0 Å². The van der Waals surface area contributed by atoms with E-state index in [1.165, 1.54) is 0 Å². The molecule has 0 spiro atoms. The molecular weight excluding hydrogens is 462 g/mol. The second-order valence-electron chi connectivity index (χ2n) is 8.34. The highest BCUT2D eigenvalue weighted by Gasteiger charge is 2.15. The van der Waals surface area contributed by atoms with Gasteiger partial charge >= 0.3 is 5.97 Å². The maximum absolute atomic E-state index is 11.5. The maximum atomic E-state index is 11.5. The van der Waals surface area contributed by atoms with Crippen LogP contribution in [0.25, 0.3) is 0 Å². The Morgan fingerprint density at radius 2 is 0.800 bits per heavy atom. The lowest BCUT2D eigenvalue weighted by Gasteiger charge is -2.19. The number of hydrogen-bond donors (Lipinski definition) is 1. The Kier molecular flexibility index (Phi) is 25.5. The number of carbonyl (C=O) groups is 1. The van der Waals surface area contributed by atoms with Gasteiger partial charge in [0.25, 0.3) is 0 Å². The predicted molar refractivity (Wildman–Crippen MR) is 131 cm³/mol. The summed E-state index contributed by atoms with van der Waals surface area (Å²) in [5.41, 5.74) is -0.465. The first kappa shape index (κ1) is 34.1. The maximum Gasteiger partial charge on any atom is 0.308 e. The molecule has 0 saturated heterocycles. The van der Waals surface area contributed by atoms with Gasteiger partial charge in [-0.15, -0.1) is 0 Å². The van der Waals surface area contributed by atoms with Crippen LogP contribution < -0.4 is 5.32 Å². The van der Waals surface area contributed by atoms with Gasteiger partial charge in [-0.3, -0.25) is 4.79 Å². The highest BCUT2D eigenvalue weighted by molar-refractivity contribution is 5.69. The first-order valence-electron chi connectivity index (χ1n) is 12.4. The van der Waals surface area contributed by atoms with Gasteiger partial charge in [-0.05, 0) is 27.8 Å². The van der Waals surface area contributed by atoms with Crippen molar-refractivity contribution in [2.75, 3.05) is 119 Å². The second kappa shape index (κ2) is 26.2. The molecule has 0 aliphatic rings. The molecule has 0 atom stereocenters. The summed E-state index contributed by atoms with van der Waals surface area (Å²) in [6, 6.07) is 0. The molecule has 210 valence electrons. The van der Waals surface area contributed by atoms with Crippen molar-refractivity contribution >= 4 is 5.97 Å². The van der Waals surface area contributed by atoms with Crippen LogP contribution in [-0.4, -0.2) is 131 Å². The summed E-state index contributed by atoms with van der Waals surface area (Å²) >= 11 is 0. The third kappa shape index (κ3) is 31.1. The van der Waals surface area contributed by atoms with Crippen LogP contribution in [-0.2, 0) is 47.4 Å². The third-order valence-electron chi connectivity index (χ3n) is 3.97. The molecule has 35 heavy (non-hydrogen) atoms. The molecule has 11 heteroatoms. The summed E-state index contributed by atoms with van der Waals surface area (Å²) in [4.78, 5) is 11.5. The number of esters is 1. The topological polar surface area (TPSA) is 112 Å². The highest BCUT2D eigenvalue weighted by atomic mass is 16.6. The van der Waals surface area contributed by atoms with E-state index >= 15 is 0 Å². The summed E-state index contributed by atoms with van der Waals surface area (Å²) in [5.74, 6) is -0.260. The molecule has 11 nitrogen and oxygen atoms in total. The van der Waals surface area contributed by atoms with E-state index in [0.717, 1.165) is 6.54 Å². The average Bonchev–Trinajstić information content (AvgIpc) is 2.80. The number of likely N-dealkylation sites (N-methyl/N-ethyl adjacent to an activating group) is 1. The van der Waals surface area contributed by atoms with Crippen molar-refractivity contribution in [1.82, 2.24) is 5.32 Å². The van der Waals surface area contributed by atoms with Crippen LogP contribution in [0.4, 0.5) is 0 Å². The molecule has 0 amide bonds. The zero-order valence-corrected chi connectivity index (χ0v) is 22.3. The van der Waals surface area contributed by atoms with Crippen molar-refractivity contribution in [2.24, 2.45) is 0 Å². The zero-order chi connectivity index (χ0) is 25.9. The van der Waals surface area contributed by atoms with E-state index in [2.05, 4.69) is 5.32 Å². The number of hydrogen-bond acceptors (Lipinski definition) is 11. The van der Waals surface area contributed by atoms with E-state index in [-0.39, 0.29) is 12.4 Å². The molecule has 0 aromatic rings. The Labute approximate surface area is 211 Å². The van der Waals surface area contributed by atoms with Crippen LogP contribution in [0.2, 0.25) is 0 Å². The van der Waals surface area contributed by atoms with Crippen LogP contribution in [0.1, 0.15) is 27.2 Å². The molecule has 0 radical (unpaired) electrons. The molecule has 0 heterocycles. The Balaban J connectivity index is 3.09. The van der Waals surface area contributed by atoms with Crippen molar-refractivity contribution in [3.63, 3.8) is 0 Å². The van der Waals surface area contributed by atoms with Crippen LogP contribution in [0, 0.1) is 0 Å². The summed E-state index contributed by atoms with van der Waals surface area (Å²) in [6.07, 6.45) is 0.239. The van der Waals surface area contributed by atoms with E-state index in [9.17, 15) is 4.79 Å². The quantitative estimate of drug-likeness (QED) is 0.126. The fourth-order valence-corrected chi connectivity index (χ4v) is 2.36. The molecule has 0 rings (SSSR count). The van der Waals surface area contributed by atoms with Gasteiger partial charge < -0.3 is 47.9 Å². The van der Waals surface area contributed by atoms with Crippen LogP contribution in [0.15, 0.2) is 0 Å². The molecular formula is C24H49NO10. The average molecular weight is 512 g/mol. The van der Waals surface area contributed by atoms with Crippen LogP contribution >= 0.6 is 0 Å². The number of carbonyl (C=O) groups excluding carboxylic acids is 1. The van der Waals surface area contributed by atoms with Crippen molar-refractivity contribution in [3.05, 3.63) is 0 Å². The normalized spacial score (nSPS) is 11.8. The first-order valence-corrected chi connectivity index (χ1v) is 12.4. The van der Waals surface area contributed by atoms with Gasteiger partial charge in [0, 0.05) is 6.54 Å². The molecule has 0 aromatic carbocycles. The Hall–Kier alpha value is -0.890. The smallest absolute Gasteiger partial charge is 0.308 e. The standard InChI is InChI=1S/C24H49NO10/c1-24(2,3)35-23(26)5-7-27-9-11-29-13-15-31-17-19-33-21-22-34-20-18-32-16-14-30-12-10-28-8-6-25-4/h25H,5-22H2,1-4H3. The SMILES string of the molecule is CNCCOCCOCCOCCOCCOCCOCCOCCOCCC(=O)OC(C)(C)C. The Bertz CT molecular complexity index is 449. The van der Waals surface area contributed by atoms with Gasteiger partial charge in [0.2, 0.25) is 0 Å². The minimum Gasteiger partial charge on any atom is -0.460 e. The molecule has 0 fully saturated rings. The minimum absolute atomic E-state index is 0.239. The van der Waals surface area contributed by atoms with Crippen molar-refractivity contribution < 1.29 is 47.4 Å². The minimum atomic E-state index is -0.465. The van der Waals surface area contributed by atoms with E-state index in [1.807, 2.05) is 27.8 Å². The molecule has 0 aliphatic heterocycles. The van der Waals surface area contributed by atoms with E-state index in [1.54, 1.807) is 0 Å². The number of nitrogens with one attached hydrogen (secondary N) is 1. The summed E-state index contributed by atoms with van der Waals surface area (Å²) < 4.78 is 48.4. The van der Waals surface area contributed by atoms with Gasteiger partial charge in [-0.25, -0.2) is 0 Å². The largest absolute Gasteiger partial charge is 0.460 e. The number of ether oxygens (including phenoxy) is 9. The first-order chi connectivity index (χ1) is 17.0. The van der Waals surface area contributed by atoms with E-state index in [4.69, 9.17) is 42.6 Å². The molecule has 0 aromatic heterocycles. The molecule has 0 unspecified atom stereocenters. The van der Waals surface area contributed by atoms with Gasteiger partial charge in [-0.1, -0.05) is 0 Å². The lowest BCUT2D eigenvalue weighted by molar-refractivity contribution is -0.156. The lowest BCUT2D eigenvalue weighted by atomic mass is 10.2. The predicted octanol–water partition coefficient (Wildman–Crippen LogP) is 1.07.